The minimum atomic E-state index is -0.996. The number of aliphatic hydroxyl groups is 1. The zero-order valence-corrected chi connectivity index (χ0v) is 9.07. The van der Waals surface area contributed by atoms with Crippen molar-refractivity contribution in [2.75, 3.05) is 27.4 Å². The Kier molecular flexibility index (Phi) is 5.68. The maximum Gasteiger partial charge on any atom is 0.363 e. The summed E-state index contributed by atoms with van der Waals surface area (Å²) in [6, 6.07) is 0. The molecule has 0 aromatic rings. The average molecular weight is 206 g/mol. The van der Waals surface area contributed by atoms with Gasteiger partial charge in [-0.2, -0.15) is 0 Å². The highest BCUT2D eigenvalue weighted by molar-refractivity contribution is 5.73. The van der Waals surface area contributed by atoms with E-state index in [-0.39, 0.29) is 13.2 Å². The summed E-state index contributed by atoms with van der Waals surface area (Å²) in [5.41, 5.74) is -0.443. The second kappa shape index (κ2) is 5.95. The molecule has 0 rings (SSSR count). The van der Waals surface area contributed by atoms with Gasteiger partial charge in [0.2, 0.25) is 0 Å². The fraction of sp³-hybridized carbons (Fsp3) is 0.889. The van der Waals surface area contributed by atoms with E-state index in [1.807, 2.05) is 0 Å². The van der Waals surface area contributed by atoms with Gasteiger partial charge in [0.05, 0.1) is 13.2 Å². The fourth-order valence-electron chi connectivity index (χ4n) is 0.669. The van der Waals surface area contributed by atoms with Crippen LogP contribution in [0.3, 0.4) is 0 Å². The first-order valence-corrected chi connectivity index (χ1v) is 4.30. The number of esters is 1. The van der Waals surface area contributed by atoms with E-state index in [1.54, 1.807) is 13.8 Å². The van der Waals surface area contributed by atoms with Crippen molar-refractivity contribution in [2.45, 2.75) is 20.1 Å². The van der Waals surface area contributed by atoms with Gasteiger partial charge < -0.3 is 19.3 Å². The SMILES string of the molecule is COC(OC)C(=O)OCC(C)(C)CO. The minimum absolute atomic E-state index is 0.0507. The topological polar surface area (TPSA) is 65.0 Å². The molecule has 0 saturated carbocycles. The number of hydrogen-bond donors (Lipinski definition) is 1. The van der Waals surface area contributed by atoms with Crippen LogP contribution in [-0.2, 0) is 19.0 Å². The summed E-state index contributed by atoms with van der Waals surface area (Å²) in [6.07, 6.45) is -0.996. The lowest BCUT2D eigenvalue weighted by Crippen LogP contribution is -2.32. The van der Waals surface area contributed by atoms with Gasteiger partial charge in [-0.05, 0) is 0 Å². The molecule has 0 aromatic heterocycles. The molecule has 0 aromatic carbocycles. The van der Waals surface area contributed by atoms with Gasteiger partial charge in [0, 0.05) is 19.6 Å². The van der Waals surface area contributed by atoms with Crippen molar-refractivity contribution in [3.05, 3.63) is 0 Å². The first kappa shape index (κ1) is 13.4. The van der Waals surface area contributed by atoms with E-state index in [9.17, 15) is 4.79 Å². The number of carbonyl (C=O) groups excluding carboxylic acids is 1. The van der Waals surface area contributed by atoms with Crippen LogP contribution in [0, 0.1) is 5.41 Å². The Morgan fingerprint density at radius 2 is 1.86 bits per heavy atom. The highest BCUT2D eigenvalue weighted by atomic mass is 16.7. The highest BCUT2D eigenvalue weighted by Crippen LogP contribution is 2.14. The van der Waals surface area contributed by atoms with Gasteiger partial charge in [0.25, 0.3) is 6.29 Å². The summed E-state index contributed by atoms with van der Waals surface area (Å²) >= 11 is 0. The number of hydrogen-bond acceptors (Lipinski definition) is 5. The largest absolute Gasteiger partial charge is 0.461 e. The number of carbonyl (C=O) groups is 1. The number of methoxy groups -OCH3 is 2. The molecule has 5 heteroatoms. The Morgan fingerprint density at radius 3 is 2.21 bits per heavy atom. The molecule has 84 valence electrons. The molecule has 0 spiro atoms. The van der Waals surface area contributed by atoms with Crippen molar-refractivity contribution < 1.29 is 24.1 Å². The third kappa shape index (κ3) is 4.55. The molecule has 0 saturated heterocycles. The first-order valence-electron chi connectivity index (χ1n) is 4.30. The summed E-state index contributed by atoms with van der Waals surface area (Å²) in [7, 11) is 2.71. The normalized spacial score (nSPS) is 11.9. The van der Waals surface area contributed by atoms with E-state index in [4.69, 9.17) is 19.3 Å². The van der Waals surface area contributed by atoms with Crippen molar-refractivity contribution in [3.63, 3.8) is 0 Å². The quantitative estimate of drug-likeness (QED) is 0.495. The van der Waals surface area contributed by atoms with Gasteiger partial charge in [0.15, 0.2) is 0 Å². The molecule has 0 aliphatic rings. The van der Waals surface area contributed by atoms with Crippen molar-refractivity contribution >= 4 is 5.97 Å². The van der Waals surface area contributed by atoms with Gasteiger partial charge >= 0.3 is 5.97 Å². The van der Waals surface area contributed by atoms with E-state index < -0.39 is 17.7 Å². The van der Waals surface area contributed by atoms with Crippen molar-refractivity contribution in [2.24, 2.45) is 5.41 Å². The number of ether oxygens (including phenoxy) is 3. The molecule has 0 atom stereocenters. The second-order valence-electron chi connectivity index (χ2n) is 3.73. The van der Waals surface area contributed by atoms with Crippen molar-refractivity contribution in [1.82, 2.24) is 0 Å². The number of aliphatic hydroxyl groups excluding tert-OH is 1. The smallest absolute Gasteiger partial charge is 0.363 e. The standard InChI is InChI=1S/C9H18O5/c1-9(2,5-10)6-14-7(11)8(12-3)13-4/h8,10H,5-6H2,1-4H3. The van der Waals surface area contributed by atoms with Crippen LogP contribution in [0.5, 0.6) is 0 Å². The van der Waals surface area contributed by atoms with Crippen LogP contribution in [0.15, 0.2) is 0 Å². The predicted octanol–water partition coefficient (Wildman–Crippen LogP) is 0.167. The molecule has 14 heavy (non-hydrogen) atoms. The van der Waals surface area contributed by atoms with Gasteiger partial charge in [-0.15, -0.1) is 0 Å². The zero-order valence-electron chi connectivity index (χ0n) is 9.07. The van der Waals surface area contributed by atoms with Crippen LogP contribution in [0.1, 0.15) is 13.8 Å². The van der Waals surface area contributed by atoms with Crippen LogP contribution in [0.4, 0.5) is 0 Å². The van der Waals surface area contributed by atoms with Crippen LogP contribution in [0.25, 0.3) is 0 Å². The van der Waals surface area contributed by atoms with E-state index in [2.05, 4.69) is 0 Å². The molecule has 0 amide bonds. The zero-order chi connectivity index (χ0) is 11.2. The van der Waals surface area contributed by atoms with Crippen LogP contribution in [-0.4, -0.2) is 44.8 Å². The van der Waals surface area contributed by atoms with E-state index in [0.29, 0.717) is 0 Å². The summed E-state index contributed by atoms with van der Waals surface area (Å²) in [5, 5.41) is 8.91. The Balaban J connectivity index is 3.95. The lowest BCUT2D eigenvalue weighted by Gasteiger charge is -2.22. The molecule has 0 aliphatic carbocycles. The molecule has 0 unspecified atom stereocenters. The third-order valence-electron chi connectivity index (χ3n) is 1.65. The third-order valence-corrected chi connectivity index (χ3v) is 1.65. The fourth-order valence-corrected chi connectivity index (χ4v) is 0.669. The van der Waals surface area contributed by atoms with Crippen molar-refractivity contribution in [1.29, 1.82) is 0 Å². The molecule has 5 nitrogen and oxygen atoms in total. The maximum atomic E-state index is 11.2. The van der Waals surface area contributed by atoms with Crippen LogP contribution < -0.4 is 0 Å². The van der Waals surface area contributed by atoms with E-state index in [1.165, 1.54) is 14.2 Å². The monoisotopic (exact) mass is 206 g/mol. The minimum Gasteiger partial charge on any atom is -0.461 e. The summed E-state index contributed by atoms with van der Waals surface area (Å²) in [6.45, 7) is 3.65. The average Bonchev–Trinajstić information content (AvgIpc) is 2.17. The molecule has 0 fully saturated rings. The Labute approximate surface area is 84.0 Å². The summed E-state index contributed by atoms with van der Waals surface area (Å²) in [5.74, 6) is -0.587. The lowest BCUT2D eigenvalue weighted by atomic mass is 9.97. The summed E-state index contributed by atoms with van der Waals surface area (Å²) in [4.78, 5) is 11.2. The molecular formula is C9H18O5. The first-order chi connectivity index (χ1) is 6.46. The van der Waals surface area contributed by atoms with Crippen LogP contribution in [0.2, 0.25) is 0 Å². The van der Waals surface area contributed by atoms with Gasteiger partial charge in [-0.25, -0.2) is 4.79 Å². The molecular weight excluding hydrogens is 188 g/mol. The molecule has 0 heterocycles. The Bertz CT molecular complexity index is 174. The molecule has 0 bridgehead atoms. The number of rotatable bonds is 6. The van der Waals surface area contributed by atoms with E-state index in [0.717, 1.165) is 0 Å². The van der Waals surface area contributed by atoms with Crippen molar-refractivity contribution in [3.8, 4) is 0 Å². The lowest BCUT2D eigenvalue weighted by molar-refractivity contribution is -0.186. The van der Waals surface area contributed by atoms with Gasteiger partial charge in [0.1, 0.15) is 0 Å². The van der Waals surface area contributed by atoms with Crippen LogP contribution >= 0.6 is 0 Å². The summed E-state index contributed by atoms with van der Waals surface area (Å²) < 4.78 is 14.3. The molecule has 0 radical (unpaired) electrons. The van der Waals surface area contributed by atoms with Gasteiger partial charge in [-0.1, -0.05) is 13.8 Å². The Hall–Kier alpha value is -0.650. The Morgan fingerprint density at radius 1 is 1.36 bits per heavy atom. The van der Waals surface area contributed by atoms with Gasteiger partial charge in [-0.3, -0.25) is 0 Å². The highest BCUT2D eigenvalue weighted by Gasteiger charge is 2.23. The maximum absolute atomic E-state index is 11.2. The second-order valence-corrected chi connectivity index (χ2v) is 3.73. The predicted molar refractivity (Wildman–Crippen MR) is 49.6 cm³/mol. The molecule has 1 N–H and O–H groups in total. The molecule has 0 aliphatic heterocycles. The van der Waals surface area contributed by atoms with E-state index >= 15 is 0 Å².